The number of H-pyrrole nitrogens is 1. The number of carbonyl (C=O) groups is 1. The lowest BCUT2D eigenvalue weighted by Crippen LogP contribution is -2.45. The third kappa shape index (κ3) is 1.75. The fourth-order valence-corrected chi connectivity index (χ4v) is 2.83. The van der Waals surface area contributed by atoms with Gasteiger partial charge < -0.3 is 10.1 Å². The number of aliphatic carboxylic acids is 1. The normalized spacial score (nSPS) is 23.3. The van der Waals surface area contributed by atoms with E-state index in [0.29, 0.717) is 6.42 Å². The minimum Gasteiger partial charge on any atom is -0.480 e. The van der Waals surface area contributed by atoms with Crippen molar-refractivity contribution in [3.63, 3.8) is 0 Å². The number of thiophene rings is 1. The lowest BCUT2D eigenvalue weighted by molar-refractivity contribution is -0.139. The number of aromatic nitrogens is 2. The molecule has 0 aliphatic carbocycles. The third-order valence-electron chi connectivity index (χ3n) is 2.98. The molecule has 1 aliphatic rings. The van der Waals surface area contributed by atoms with Crippen molar-refractivity contribution in [3.05, 3.63) is 40.1 Å². The van der Waals surface area contributed by atoms with Gasteiger partial charge in [0.2, 0.25) is 0 Å². The van der Waals surface area contributed by atoms with Crippen LogP contribution in [0.5, 0.6) is 0 Å². The van der Waals surface area contributed by atoms with E-state index in [2.05, 4.69) is 15.3 Å². The summed E-state index contributed by atoms with van der Waals surface area (Å²) in [6.07, 6.45) is 2.07. The van der Waals surface area contributed by atoms with Crippen LogP contribution in [0.4, 0.5) is 0 Å². The highest BCUT2D eigenvalue weighted by Crippen LogP contribution is 2.29. The van der Waals surface area contributed by atoms with Gasteiger partial charge in [-0.2, -0.15) is 11.3 Å². The minimum absolute atomic E-state index is 0.127. The Bertz CT molecular complexity index is 535. The molecular weight excluding hydrogens is 238 g/mol. The van der Waals surface area contributed by atoms with Crippen LogP contribution in [0.3, 0.4) is 0 Å². The fourth-order valence-electron chi connectivity index (χ4n) is 2.14. The molecule has 0 amide bonds. The lowest BCUT2D eigenvalue weighted by atomic mass is 9.96. The SMILES string of the molecule is O=C(O)[C@H]1Cc2[nH]cnc2[C@H](c2ccsc2)N1. The molecule has 0 aromatic carbocycles. The predicted octanol–water partition coefficient (Wildman–Crippen LogP) is 1.16. The van der Waals surface area contributed by atoms with Crippen LogP contribution < -0.4 is 5.32 Å². The second-order valence-electron chi connectivity index (χ2n) is 4.02. The van der Waals surface area contributed by atoms with Crippen molar-refractivity contribution in [1.82, 2.24) is 15.3 Å². The van der Waals surface area contributed by atoms with Gasteiger partial charge in [0, 0.05) is 12.1 Å². The number of nitrogens with one attached hydrogen (secondary N) is 2. The Balaban J connectivity index is 2.01. The number of hydrogen-bond acceptors (Lipinski definition) is 4. The molecule has 88 valence electrons. The van der Waals surface area contributed by atoms with Gasteiger partial charge >= 0.3 is 5.97 Å². The maximum Gasteiger partial charge on any atom is 0.321 e. The molecule has 0 bridgehead atoms. The predicted molar refractivity (Wildman–Crippen MR) is 63.0 cm³/mol. The van der Waals surface area contributed by atoms with Crippen molar-refractivity contribution in [2.24, 2.45) is 0 Å². The van der Waals surface area contributed by atoms with Gasteiger partial charge in [0.1, 0.15) is 6.04 Å². The molecule has 6 heteroatoms. The van der Waals surface area contributed by atoms with Crippen LogP contribution in [0.25, 0.3) is 0 Å². The van der Waals surface area contributed by atoms with Gasteiger partial charge in [0.15, 0.2) is 0 Å². The maximum absolute atomic E-state index is 11.1. The van der Waals surface area contributed by atoms with Gasteiger partial charge in [-0.15, -0.1) is 0 Å². The average Bonchev–Trinajstić information content (AvgIpc) is 2.98. The number of carboxylic acid groups (broad SMARTS) is 1. The smallest absolute Gasteiger partial charge is 0.321 e. The Hall–Kier alpha value is -1.66. The van der Waals surface area contributed by atoms with E-state index in [1.807, 2.05) is 16.8 Å². The van der Waals surface area contributed by atoms with E-state index in [0.717, 1.165) is 17.0 Å². The Labute approximate surface area is 102 Å². The van der Waals surface area contributed by atoms with Gasteiger partial charge in [-0.1, -0.05) is 0 Å². The van der Waals surface area contributed by atoms with Crippen molar-refractivity contribution in [2.75, 3.05) is 0 Å². The van der Waals surface area contributed by atoms with Crippen LogP contribution in [-0.2, 0) is 11.2 Å². The first-order valence-corrected chi connectivity index (χ1v) is 6.23. The molecule has 0 fully saturated rings. The molecule has 5 nitrogen and oxygen atoms in total. The topological polar surface area (TPSA) is 78.0 Å². The average molecular weight is 249 g/mol. The monoisotopic (exact) mass is 249 g/mol. The Morgan fingerprint density at radius 3 is 3.18 bits per heavy atom. The summed E-state index contributed by atoms with van der Waals surface area (Å²) in [4.78, 5) is 18.4. The highest BCUT2D eigenvalue weighted by molar-refractivity contribution is 7.08. The Kier molecular flexibility index (Phi) is 2.45. The molecule has 2 aromatic rings. The highest BCUT2D eigenvalue weighted by Gasteiger charge is 2.33. The van der Waals surface area contributed by atoms with E-state index >= 15 is 0 Å². The molecule has 0 saturated carbocycles. The van der Waals surface area contributed by atoms with Gasteiger partial charge in [0.25, 0.3) is 0 Å². The molecule has 3 rings (SSSR count). The summed E-state index contributed by atoms with van der Waals surface area (Å²) >= 11 is 1.59. The Morgan fingerprint density at radius 1 is 1.59 bits per heavy atom. The zero-order valence-electron chi connectivity index (χ0n) is 8.88. The third-order valence-corrected chi connectivity index (χ3v) is 3.68. The van der Waals surface area contributed by atoms with Crippen LogP contribution in [0, 0.1) is 0 Å². The molecule has 17 heavy (non-hydrogen) atoms. The second-order valence-corrected chi connectivity index (χ2v) is 4.80. The number of rotatable bonds is 2. The lowest BCUT2D eigenvalue weighted by Gasteiger charge is -2.27. The number of hydrogen-bond donors (Lipinski definition) is 3. The summed E-state index contributed by atoms with van der Waals surface area (Å²) in [6, 6.07) is 1.30. The van der Waals surface area contributed by atoms with E-state index in [-0.39, 0.29) is 6.04 Å². The summed E-state index contributed by atoms with van der Waals surface area (Å²) in [5.41, 5.74) is 2.88. The first-order chi connectivity index (χ1) is 8.25. The molecule has 3 heterocycles. The number of imidazole rings is 1. The molecule has 0 saturated heterocycles. The quantitative estimate of drug-likeness (QED) is 0.746. The van der Waals surface area contributed by atoms with E-state index in [1.165, 1.54) is 0 Å². The molecule has 0 unspecified atom stereocenters. The molecule has 3 N–H and O–H groups in total. The number of nitrogens with zero attached hydrogens (tertiary/aromatic N) is 1. The summed E-state index contributed by atoms with van der Waals surface area (Å²) in [6.45, 7) is 0. The maximum atomic E-state index is 11.1. The van der Waals surface area contributed by atoms with E-state index in [1.54, 1.807) is 17.7 Å². The largest absolute Gasteiger partial charge is 0.480 e. The standard InChI is InChI=1S/C11H11N3O2S/c15-11(16)8-3-7-10(13-5-12-7)9(14-8)6-1-2-17-4-6/h1-2,4-5,8-9,14H,3H2,(H,12,13)(H,15,16)/t8-,9+/m1/s1. The first-order valence-electron chi connectivity index (χ1n) is 5.29. The number of fused-ring (bicyclic) bond motifs is 1. The molecule has 0 spiro atoms. The van der Waals surface area contributed by atoms with Crippen LogP contribution in [0.2, 0.25) is 0 Å². The van der Waals surface area contributed by atoms with Gasteiger partial charge in [0.05, 0.1) is 18.1 Å². The summed E-state index contributed by atoms with van der Waals surface area (Å²) in [5, 5.41) is 16.2. The minimum atomic E-state index is -0.828. The number of carboxylic acids is 1. The summed E-state index contributed by atoms with van der Waals surface area (Å²) in [7, 11) is 0. The van der Waals surface area contributed by atoms with E-state index in [9.17, 15) is 4.79 Å². The zero-order valence-corrected chi connectivity index (χ0v) is 9.70. The van der Waals surface area contributed by atoms with E-state index < -0.39 is 12.0 Å². The van der Waals surface area contributed by atoms with Crippen molar-refractivity contribution in [3.8, 4) is 0 Å². The zero-order chi connectivity index (χ0) is 11.8. The van der Waals surface area contributed by atoms with Crippen LogP contribution >= 0.6 is 11.3 Å². The number of aromatic amines is 1. The van der Waals surface area contributed by atoms with Gasteiger partial charge in [-0.3, -0.25) is 10.1 Å². The summed E-state index contributed by atoms with van der Waals surface area (Å²) in [5.74, 6) is -0.828. The molecule has 0 radical (unpaired) electrons. The van der Waals surface area contributed by atoms with Crippen molar-refractivity contribution >= 4 is 17.3 Å². The van der Waals surface area contributed by atoms with Gasteiger partial charge in [-0.25, -0.2) is 4.98 Å². The highest BCUT2D eigenvalue weighted by atomic mass is 32.1. The van der Waals surface area contributed by atoms with Crippen molar-refractivity contribution in [1.29, 1.82) is 0 Å². The van der Waals surface area contributed by atoms with Gasteiger partial charge in [-0.05, 0) is 22.4 Å². The van der Waals surface area contributed by atoms with Crippen molar-refractivity contribution in [2.45, 2.75) is 18.5 Å². The summed E-state index contributed by atoms with van der Waals surface area (Å²) < 4.78 is 0. The molecule has 2 atom stereocenters. The Morgan fingerprint density at radius 2 is 2.47 bits per heavy atom. The second kappa shape index (κ2) is 3.97. The van der Waals surface area contributed by atoms with Crippen LogP contribution in [0.1, 0.15) is 23.0 Å². The van der Waals surface area contributed by atoms with Crippen molar-refractivity contribution < 1.29 is 9.90 Å². The molecule has 1 aliphatic heterocycles. The molecule has 2 aromatic heterocycles. The van der Waals surface area contributed by atoms with Crippen LogP contribution in [-0.4, -0.2) is 27.1 Å². The first kappa shape index (κ1) is 10.5. The fraction of sp³-hybridized carbons (Fsp3) is 0.273. The molecular formula is C11H11N3O2S. The van der Waals surface area contributed by atoms with Crippen LogP contribution in [0.15, 0.2) is 23.2 Å². The van der Waals surface area contributed by atoms with E-state index in [4.69, 9.17) is 5.11 Å².